The maximum absolute atomic E-state index is 13.2. The first kappa shape index (κ1) is 22.9. The molecule has 3 aromatic carbocycles. The third-order valence-corrected chi connectivity index (χ3v) is 8.88. The second-order valence-electron chi connectivity index (χ2n) is 11.7. The molecule has 3 aliphatic rings. The van der Waals surface area contributed by atoms with Gasteiger partial charge in [0.05, 0.1) is 35.3 Å². The maximum atomic E-state index is 13.2. The Hall–Kier alpha value is -3.25. The molecule has 0 bridgehead atoms. The van der Waals surface area contributed by atoms with E-state index in [0.29, 0.717) is 49.6 Å². The van der Waals surface area contributed by atoms with Crippen LogP contribution in [0.2, 0.25) is 0 Å². The highest BCUT2D eigenvalue weighted by Gasteiger charge is 2.47. The number of benzene rings is 3. The number of nitrogens with zero attached hydrogens (tertiary/aromatic N) is 3. The van der Waals surface area contributed by atoms with Gasteiger partial charge in [-0.3, -0.25) is 4.79 Å². The molecule has 6 heteroatoms. The lowest BCUT2D eigenvalue weighted by molar-refractivity contribution is -0.0115. The first-order chi connectivity index (χ1) is 17.9. The van der Waals surface area contributed by atoms with Crippen molar-refractivity contribution in [2.24, 2.45) is 11.8 Å². The first-order valence-electron chi connectivity index (χ1n) is 13.6. The minimum absolute atomic E-state index is 0.0267. The van der Waals surface area contributed by atoms with Crippen LogP contribution < -0.4 is 4.74 Å². The molecule has 190 valence electrons. The van der Waals surface area contributed by atoms with Gasteiger partial charge in [-0.05, 0) is 56.7 Å². The molecule has 0 radical (unpaired) electrons. The van der Waals surface area contributed by atoms with E-state index in [1.165, 1.54) is 12.0 Å². The molecule has 0 N–H and O–H groups in total. The quantitative estimate of drug-likeness (QED) is 0.236. The van der Waals surface area contributed by atoms with E-state index in [2.05, 4.69) is 45.0 Å². The second kappa shape index (κ2) is 8.38. The second-order valence-corrected chi connectivity index (χ2v) is 11.7. The third-order valence-electron chi connectivity index (χ3n) is 8.88. The average molecular weight is 496 g/mol. The molecule has 0 unspecified atom stereocenters. The maximum Gasteiger partial charge on any atom is 0.254 e. The molecule has 3 heterocycles. The Morgan fingerprint density at radius 1 is 0.973 bits per heavy atom. The smallest absolute Gasteiger partial charge is 0.254 e. The lowest BCUT2D eigenvalue weighted by atomic mass is 9.64. The van der Waals surface area contributed by atoms with Gasteiger partial charge in [-0.25, -0.2) is 9.97 Å². The fraction of sp³-hybridized carbons (Fsp3) is 0.452. The van der Waals surface area contributed by atoms with Gasteiger partial charge < -0.3 is 14.4 Å². The van der Waals surface area contributed by atoms with Gasteiger partial charge in [-0.15, -0.1) is 0 Å². The number of carbonyl (C=O) groups is 1. The average Bonchev–Trinajstić information content (AvgIpc) is 2.91. The molecular formula is C31H33N3O3. The largest absolute Gasteiger partial charge is 0.487 e. The van der Waals surface area contributed by atoms with Gasteiger partial charge in [0.1, 0.15) is 11.4 Å². The Morgan fingerprint density at radius 2 is 1.73 bits per heavy atom. The zero-order valence-corrected chi connectivity index (χ0v) is 21.8. The van der Waals surface area contributed by atoms with E-state index >= 15 is 0 Å². The molecule has 4 aromatic rings. The monoisotopic (exact) mass is 495 g/mol. The van der Waals surface area contributed by atoms with Crippen molar-refractivity contribution < 1.29 is 14.3 Å². The van der Waals surface area contributed by atoms with Crippen LogP contribution in [0.25, 0.3) is 32.8 Å². The van der Waals surface area contributed by atoms with Crippen LogP contribution in [0.15, 0.2) is 42.5 Å². The minimum Gasteiger partial charge on any atom is -0.487 e. The van der Waals surface area contributed by atoms with Gasteiger partial charge in [-0.1, -0.05) is 37.6 Å². The number of hydrogen-bond donors (Lipinski definition) is 0. The highest BCUT2D eigenvalue weighted by molar-refractivity contribution is 6.11. The van der Waals surface area contributed by atoms with Crippen LogP contribution in [-0.2, 0) is 4.74 Å². The zero-order chi connectivity index (χ0) is 25.3. The summed E-state index contributed by atoms with van der Waals surface area (Å²) in [6.45, 7) is 9.27. The summed E-state index contributed by atoms with van der Waals surface area (Å²) < 4.78 is 12.3. The van der Waals surface area contributed by atoms with Crippen LogP contribution in [0.4, 0.5) is 0 Å². The molecule has 2 aliphatic heterocycles. The van der Waals surface area contributed by atoms with Crippen molar-refractivity contribution in [1.82, 2.24) is 14.9 Å². The summed E-state index contributed by atoms with van der Waals surface area (Å²) in [4.78, 5) is 25.5. The molecule has 2 fully saturated rings. The first-order valence-corrected chi connectivity index (χ1v) is 13.6. The molecule has 7 rings (SSSR count). The van der Waals surface area contributed by atoms with Crippen LogP contribution in [-0.4, -0.2) is 52.7 Å². The Kier molecular flexibility index (Phi) is 5.19. The summed E-state index contributed by atoms with van der Waals surface area (Å²) in [5.74, 6) is 2.47. The van der Waals surface area contributed by atoms with E-state index in [1.54, 1.807) is 0 Å². The van der Waals surface area contributed by atoms with E-state index < -0.39 is 0 Å². The summed E-state index contributed by atoms with van der Waals surface area (Å²) in [5, 5.41) is 2.18. The van der Waals surface area contributed by atoms with Crippen LogP contribution in [0.1, 0.15) is 61.9 Å². The minimum atomic E-state index is -0.240. The predicted molar refractivity (Wildman–Crippen MR) is 145 cm³/mol. The number of aromatic nitrogens is 2. The molecule has 6 nitrogen and oxygen atoms in total. The Labute approximate surface area is 217 Å². The zero-order valence-electron chi connectivity index (χ0n) is 21.8. The van der Waals surface area contributed by atoms with Crippen molar-refractivity contribution in [3.8, 4) is 5.75 Å². The van der Waals surface area contributed by atoms with Gasteiger partial charge in [0.2, 0.25) is 0 Å². The molecule has 1 saturated heterocycles. The SMILES string of the molecule is C[C@H]1CC[C@@H]2[C@@H](C1)c1c(c3ccccc3c3nc4ccc(C(=O)N5CCOCC5)cc4nc13)OC2(C)C. The van der Waals surface area contributed by atoms with Crippen molar-refractivity contribution in [1.29, 1.82) is 0 Å². The van der Waals surface area contributed by atoms with E-state index in [4.69, 9.17) is 19.4 Å². The third kappa shape index (κ3) is 3.60. The number of fused-ring (bicyclic) bond motifs is 9. The summed E-state index contributed by atoms with van der Waals surface area (Å²) >= 11 is 0. The topological polar surface area (TPSA) is 64.6 Å². The summed E-state index contributed by atoms with van der Waals surface area (Å²) in [5.41, 5.74) is 5.04. The number of carbonyl (C=O) groups excluding carboxylic acids is 1. The molecule has 1 aromatic heterocycles. The van der Waals surface area contributed by atoms with Gasteiger partial charge in [-0.2, -0.15) is 0 Å². The lowest BCUT2D eigenvalue weighted by Gasteiger charge is -2.49. The molecule has 0 spiro atoms. The van der Waals surface area contributed by atoms with E-state index in [1.807, 2.05) is 23.1 Å². The molecule has 1 saturated carbocycles. The Balaban J connectivity index is 1.47. The number of morpholine rings is 1. The van der Waals surface area contributed by atoms with Crippen LogP contribution in [0.3, 0.4) is 0 Å². The van der Waals surface area contributed by atoms with Crippen LogP contribution in [0.5, 0.6) is 5.75 Å². The van der Waals surface area contributed by atoms with Gasteiger partial charge in [0, 0.05) is 40.9 Å². The summed E-state index contributed by atoms with van der Waals surface area (Å²) in [6, 6.07) is 14.2. The Bertz CT molecular complexity index is 1560. The standard InChI is InChI=1S/C31H33N3O3/c1-18-8-10-23-22(16-18)26-28-27(20-6-4-5-7-21(20)29(26)37-31(23,2)3)32-24-11-9-19(17-25(24)33-28)30(35)34-12-14-36-15-13-34/h4-7,9,11,17-18,22-23H,8,10,12-16H2,1-3H3/t18-,22+,23+/m0/s1. The fourth-order valence-electron chi connectivity index (χ4n) is 6.98. The number of rotatable bonds is 1. The highest BCUT2D eigenvalue weighted by atomic mass is 16.5. The Morgan fingerprint density at radius 3 is 2.54 bits per heavy atom. The van der Waals surface area contributed by atoms with Crippen molar-refractivity contribution in [3.05, 3.63) is 53.6 Å². The summed E-state index contributed by atoms with van der Waals surface area (Å²) in [6.07, 6.45) is 3.52. The van der Waals surface area contributed by atoms with Crippen molar-refractivity contribution in [2.45, 2.75) is 51.6 Å². The van der Waals surface area contributed by atoms with Gasteiger partial charge in [0.15, 0.2) is 0 Å². The predicted octanol–water partition coefficient (Wildman–Crippen LogP) is 6.10. The van der Waals surface area contributed by atoms with Crippen molar-refractivity contribution in [3.63, 3.8) is 0 Å². The molecule has 37 heavy (non-hydrogen) atoms. The fourth-order valence-corrected chi connectivity index (χ4v) is 6.98. The van der Waals surface area contributed by atoms with Gasteiger partial charge in [0.25, 0.3) is 5.91 Å². The molecule has 1 aliphatic carbocycles. The van der Waals surface area contributed by atoms with E-state index in [9.17, 15) is 4.79 Å². The lowest BCUT2D eigenvalue weighted by Crippen LogP contribution is -2.46. The van der Waals surface area contributed by atoms with E-state index in [0.717, 1.165) is 51.4 Å². The van der Waals surface area contributed by atoms with Crippen LogP contribution in [0, 0.1) is 11.8 Å². The van der Waals surface area contributed by atoms with Crippen molar-refractivity contribution >= 4 is 38.7 Å². The van der Waals surface area contributed by atoms with Crippen LogP contribution >= 0.6 is 0 Å². The number of amides is 1. The van der Waals surface area contributed by atoms with E-state index in [-0.39, 0.29) is 11.5 Å². The van der Waals surface area contributed by atoms with Crippen molar-refractivity contribution in [2.75, 3.05) is 26.3 Å². The number of ether oxygens (including phenoxy) is 2. The molecule has 1 amide bonds. The summed E-state index contributed by atoms with van der Waals surface area (Å²) in [7, 11) is 0. The normalized spacial score (nSPS) is 25.1. The number of hydrogen-bond acceptors (Lipinski definition) is 5. The highest BCUT2D eigenvalue weighted by Crippen LogP contribution is 2.56. The molecular weight excluding hydrogens is 462 g/mol. The van der Waals surface area contributed by atoms with Gasteiger partial charge >= 0.3 is 0 Å². The molecule has 3 atom stereocenters.